The number of rotatable bonds is 5. The molecule has 0 radical (unpaired) electrons. The monoisotopic (exact) mass is 740 g/mol. The summed E-state index contributed by atoms with van der Waals surface area (Å²) in [7, 11) is 0. The minimum atomic E-state index is -0.0995. The fourth-order valence-electron chi connectivity index (χ4n) is 10.1. The van der Waals surface area contributed by atoms with Gasteiger partial charge in [0.25, 0.3) is 0 Å². The molecule has 57 heavy (non-hydrogen) atoms. The summed E-state index contributed by atoms with van der Waals surface area (Å²) in [6.45, 7) is 23.8. The SMILES string of the molecule is CC(C)(C)c1cc2c(c(C(C)(C)C)c1)C(C)(C)c1cccc(-c3ccc(C(c4ccc(-c5ccccc5)cc4)c4ccc5c(c4)C(C)(C)c4ccccc4-5)cc3)c1-2. The lowest BCUT2D eigenvalue weighted by Crippen LogP contribution is -2.24. The average Bonchev–Trinajstić information content (AvgIpc) is 3.57. The van der Waals surface area contributed by atoms with Crippen molar-refractivity contribution in [2.75, 3.05) is 0 Å². The van der Waals surface area contributed by atoms with Crippen LogP contribution in [0.4, 0.5) is 0 Å². The molecule has 7 aromatic carbocycles. The topological polar surface area (TPSA) is 0 Å². The van der Waals surface area contributed by atoms with Crippen molar-refractivity contribution in [2.45, 2.75) is 96.8 Å². The zero-order valence-electron chi connectivity index (χ0n) is 35.5. The summed E-state index contributed by atoms with van der Waals surface area (Å²) < 4.78 is 0. The van der Waals surface area contributed by atoms with Crippen molar-refractivity contribution in [3.8, 4) is 44.5 Å². The molecule has 0 N–H and O–H groups in total. The van der Waals surface area contributed by atoms with Crippen LogP contribution in [0.2, 0.25) is 0 Å². The van der Waals surface area contributed by atoms with Crippen molar-refractivity contribution in [3.05, 3.63) is 202 Å². The van der Waals surface area contributed by atoms with E-state index in [4.69, 9.17) is 0 Å². The van der Waals surface area contributed by atoms with Crippen LogP contribution >= 0.6 is 0 Å². The molecule has 0 spiro atoms. The molecule has 0 fully saturated rings. The maximum atomic E-state index is 2.51. The number of fused-ring (bicyclic) bond motifs is 6. The van der Waals surface area contributed by atoms with Gasteiger partial charge < -0.3 is 0 Å². The van der Waals surface area contributed by atoms with Gasteiger partial charge in [0.05, 0.1) is 0 Å². The second-order valence-corrected chi connectivity index (χ2v) is 19.8. The molecule has 0 bridgehead atoms. The highest BCUT2D eigenvalue weighted by atomic mass is 14.4. The van der Waals surface area contributed by atoms with Gasteiger partial charge in [0.15, 0.2) is 0 Å². The van der Waals surface area contributed by atoms with Gasteiger partial charge in [-0.3, -0.25) is 0 Å². The quantitative estimate of drug-likeness (QED) is 0.154. The van der Waals surface area contributed by atoms with Crippen LogP contribution in [-0.4, -0.2) is 0 Å². The van der Waals surface area contributed by atoms with Crippen molar-refractivity contribution in [1.29, 1.82) is 0 Å². The Labute approximate surface area is 341 Å². The minimum absolute atomic E-state index is 0.0241. The first-order valence-electron chi connectivity index (χ1n) is 20.9. The van der Waals surface area contributed by atoms with E-state index < -0.39 is 0 Å². The number of hydrogen-bond acceptors (Lipinski definition) is 0. The molecule has 0 aliphatic heterocycles. The van der Waals surface area contributed by atoms with Crippen LogP contribution in [0.3, 0.4) is 0 Å². The van der Waals surface area contributed by atoms with E-state index in [-0.39, 0.29) is 27.6 Å². The molecule has 1 unspecified atom stereocenters. The van der Waals surface area contributed by atoms with E-state index in [0.717, 1.165) is 0 Å². The molecule has 0 aromatic heterocycles. The Bertz CT molecular complexity index is 2650. The van der Waals surface area contributed by atoms with E-state index in [1.165, 1.54) is 94.6 Å². The van der Waals surface area contributed by atoms with E-state index >= 15 is 0 Å². The normalized spacial score (nSPS) is 15.4. The summed E-state index contributed by atoms with van der Waals surface area (Å²) >= 11 is 0. The molecule has 0 saturated heterocycles. The highest BCUT2D eigenvalue weighted by Crippen LogP contribution is 2.56. The van der Waals surface area contributed by atoms with Crippen molar-refractivity contribution in [2.24, 2.45) is 0 Å². The van der Waals surface area contributed by atoms with E-state index in [2.05, 4.69) is 221 Å². The summed E-state index contributed by atoms with van der Waals surface area (Å²) in [6.07, 6.45) is 0. The predicted octanol–water partition coefficient (Wildman–Crippen LogP) is 15.4. The van der Waals surface area contributed by atoms with Crippen molar-refractivity contribution in [3.63, 3.8) is 0 Å². The standard InChI is InChI=1S/C57H56/c1-54(2,3)42-34-46-52-43(20-16-22-48(52)57(9,10)53(46)50(35-42)55(4,5)6)38-25-29-40(30-26-38)51(39-27-23-37(24-28-39)36-17-12-11-13-18-36)41-31-32-45-44-19-14-15-21-47(44)56(7,8)49(45)33-41/h11-35,51H,1-10H3. The predicted molar refractivity (Wildman–Crippen MR) is 244 cm³/mol. The molecule has 2 aliphatic carbocycles. The maximum absolute atomic E-state index is 2.51. The van der Waals surface area contributed by atoms with Crippen LogP contribution in [0, 0.1) is 0 Å². The summed E-state index contributed by atoms with van der Waals surface area (Å²) in [6, 6.07) is 57.8. The molecule has 0 saturated carbocycles. The van der Waals surface area contributed by atoms with Gasteiger partial charge in [-0.15, -0.1) is 0 Å². The zero-order valence-corrected chi connectivity index (χ0v) is 35.5. The highest BCUT2D eigenvalue weighted by molar-refractivity contribution is 5.94. The number of benzene rings is 7. The van der Waals surface area contributed by atoms with Gasteiger partial charge in [-0.2, -0.15) is 0 Å². The van der Waals surface area contributed by atoms with Crippen molar-refractivity contribution < 1.29 is 0 Å². The summed E-state index contributed by atoms with van der Waals surface area (Å²) in [5.74, 6) is 0.0820. The van der Waals surface area contributed by atoms with Crippen LogP contribution in [0.15, 0.2) is 152 Å². The molecular weight excluding hydrogens is 685 g/mol. The first-order valence-corrected chi connectivity index (χ1v) is 20.9. The lowest BCUT2D eigenvalue weighted by molar-refractivity contribution is 0.545. The molecule has 284 valence electrons. The Kier molecular flexibility index (Phi) is 8.49. The van der Waals surface area contributed by atoms with Gasteiger partial charge in [-0.1, -0.05) is 221 Å². The van der Waals surface area contributed by atoms with Crippen LogP contribution < -0.4 is 0 Å². The van der Waals surface area contributed by atoms with Gasteiger partial charge in [-0.05, 0) is 105 Å². The highest BCUT2D eigenvalue weighted by Gasteiger charge is 2.42. The molecule has 0 heterocycles. The zero-order chi connectivity index (χ0) is 40.1. The molecular formula is C57H56. The molecule has 0 amide bonds. The third-order valence-electron chi connectivity index (χ3n) is 13.3. The molecule has 2 aliphatic rings. The summed E-state index contributed by atoms with van der Waals surface area (Å²) in [5.41, 5.74) is 23.0. The largest absolute Gasteiger partial charge is 0.0622 e. The molecule has 0 nitrogen and oxygen atoms in total. The summed E-state index contributed by atoms with van der Waals surface area (Å²) in [4.78, 5) is 0. The maximum Gasteiger partial charge on any atom is 0.0340 e. The Morgan fingerprint density at radius 2 is 0.930 bits per heavy atom. The van der Waals surface area contributed by atoms with Crippen molar-refractivity contribution in [1.82, 2.24) is 0 Å². The van der Waals surface area contributed by atoms with E-state index in [1.54, 1.807) is 0 Å². The lowest BCUT2D eigenvalue weighted by atomic mass is 9.71. The molecule has 9 rings (SSSR count). The Morgan fingerprint density at radius 3 is 1.58 bits per heavy atom. The molecule has 1 atom stereocenters. The third kappa shape index (κ3) is 6.03. The minimum Gasteiger partial charge on any atom is -0.0622 e. The lowest BCUT2D eigenvalue weighted by Gasteiger charge is -2.32. The van der Waals surface area contributed by atoms with E-state index in [1.807, 2.05) is 0 Å². The van der Waals surface area contributed by atoms with Gasteiger partial charge in [-0.25, -0.2) is 0 Å². The van der Waals surface area contributed by atoms with Crippen LogP contribution in [-0.2, 0) is 21.7 Å². The van der Waals surface area contributed by atoms with Crippen molar-refractivity contribution >= 4 is 0 Å². The van der Waals surface area contributed by atoms with E-state index in [9.17, 15) is 0 Å². The van der Waals surface area contributed by atoms with Crippen LogP contribution in [0.25, 0.3) is 44.5 Å². The first-order chi connectivity index (χ1) is 27.0. The molecule has 7 aromatic rings. The molecule has 0 heteroatoms. The Morgan fingerprint density at radius 1 is 0.386 bits per heavy atom. The average molecular weight is 741 g/mol. The van der Waals surface area contributed by atoms with E-state index in [0.29, 0.717) is 0 Å². The Balaban J connectivity index is 1.18. The first kappa shape index (κ1) is 37.1. The number of hydrogen-bond donors (Lipinski definition) is 0. The van der Waals surface area contributed by atoms with Gasteiger partial charge >= 0.3 is 0 Å². The van der Waals surface area contributed by atoms with Gasteiger partial charge in [0.2, 0.25) is 0 Å². The smallest absolute Gasteiger partial charge is 0.0340 e. The third-order valence-corrected chi connectivity index (χ3v) is 13.3. The Hall–Kier alpha value is -5.46. The second-order valence-electron chi connectivity index (χ2n) is 19.8. The second kappa shape index (κ2) is 13.0. The fraction of sp³-hybridized carbons (Fsp3) is 0.263. The summed E-state index contributed by atoms with van der Waals surface area (Å²) in [5, 5.41) is 0. The van der Waals surface area contributed by atoms with Crippen LogP contribution in [0.1, 0.15) is 125 Å². The fourth-order valence-corrected chi connectivity index (χ4v) is 10.1. The van der Waals surface area contributed by atoms with Gasteiger partial charge in [0.1, 0.15) is 0 Å². The van der Waals surface area contributed by atoms with Crippen LogP contribution in [0.5, 0.6) is 0 Å². The van der Waals surface area contributed by atoms with Gasteiger partial charge in [0, 0.05) is 16.7 Å².